The van der Waals surface area contributed by atoms with Crippen LogP contribution >= 0.6 is 11.3 Å². The van der Waals surface area contributed by atoms with Gasteiger partial charge in [-0.2, -0.15) is 0 Å². The third kappa shape index (κ3) is 4.40. The zero-order chi connectivity index (χ0) is 16.2. The maximum atomic E-state index is 11.9. The molecule has 0 saturated carbocycles. The molecule has 1 heterocycles. The number of aliphatic hydroxyl groups excluding tert-OH is 1. The van der Waals surface area contributed by atoms with E-state index in [1.165, 1.54) is 11.0 Å². The Labute approximate surface area is 127 Å². The summed E-state index contributed by atoms with van der Waals surface area (Å²) in [5.74, 6) is -0.121. The number of nitro groups is 1. The monoisotopic (exact) mass is 315 g/mol. The molecule has 1 rings (SSSR count). The van der Waals surface area contributed by atoms with E-state index in [-0.39, 0.29) is 18.1 Å². The lowest BCUT2D eigenvalue weighted by molar-refractivity contribution is -0.383. The Kier molecular flexibility index (Phi) is 6.10. The van der Waals surface area contributed by atoms with Crippen LogP contribution in [0.5, 0.6) is 0 Å². The molecule has 0 bridgehead atoms. The molecule has 0 aliphatic carbocycles. The molecule has 0 aliphatic heterocycles. The lowest BCUT2D eigenvalue weighted by Gasteiger charge is -2.23. The van der Waals surface area contributed by atoms with E-state index < -0.39 is 11.0 Å². The molecule has 1 unspecified atom stereocenters. The van der Waals surface area contributed by atoms with Crippen molar-refractivity contribution < 1.29 is 14.8 Å². The van der Waals surface area contributed by atoms with E-state index in [9.17, 15) is 20.0 Å². The number of thiophene rings is 1. The van der Waals surface area contributed by atoms with Gasteiger partial charge in [0, 0.05) is 31.6 Å². The van der Waals surface area contributed by atoms with E-state index in [2.05, 4.69) is 0 Å². The second kappa shape index (κ2) is 7.37. The smallest absolute Gasteiger partial charge is 0.304 e. The van der Waals surface area contributed by atoms with Gasteiger partial charge in [-0.05, 0) is 13.3 Å². The number of amides is 1. The van der Waals surface area contributed by atoms with Crippen LogP contribution in [0.2, 0.25) is 0 Å². The highest BCUT2D eigenvalue weighted by atomic mass is 32.1. The summed E-state index contributed by atoms with van der Waals surface area (Å²) in [5.41, 5.74) is -0.0593. The van der Waals surface area contributed by atoms with Crippen LogP contribution < -0.4 is 4.90 Å². The summed E-state index contributed by atoms with van der Waals surface area (Å²) in [5, 5.41) is 21.2. The van der Waals surface area contributed by atoms with Crippen LogP contribution in [0, 0.1) is 10.1 Å². The van der Waals surface area contributed by atoms with E-state index in [0.29, 0.717) is 16.4 Å². The Morgan fingerprint density at radius 3 is 2.57 bits per heavy atom. The molecule has 8 heteroatoms. The van der Waals surface area contributed by atoms with Crippen molar-refractivity contribution in [2.75, 3.05) is 32.1 Å². The molecule has 21 heavy (non-hydrogen) atoms. The number of anilines is 1. The van der Waals surface area contributed by atoms with Crippen molar-refractivity contribution in [2.45, 2.75) is 26.4 Å². The van der Waals surface area contributed by atoms with Crippen molar-refractivity contribution in [2.24, 2.45) is 0 Å². The van der Waals surface area contributed by atoms with E-state index in [4.69, 9.17) is 0 Å². The molecule has 7 nitrogen and oxygen atoms in total. The van der Waals surface area contributed by atoms with Crippen LogP contribution in [0.3, 0.4) is 0 Å². The van der Waals surface area contributed by atoms with E-state index in [1.807, 2.05) is 6.92 Å². The topological polar surface area (TPSA) is 86.9 Å². The van der Waals surface area contributed by atoms with Gasteiger partial charge in [0.05, 0.1) is 17.6 Å². The number of rotatable bonds is 7. The summed E-state index contributed by atoms with van der Waals surface area (Å²) in [4.78, 5) is 26.3. The van der Waals surface area contributed by atoms with Gasteiger partial charge in [-0.15, -0.1) is 11.3 Å². The first-order chi connectivity index (χ1) is 9.77. The molecule has 0 fully saturated rings. The van der Waals surface area contributed by atoms with Gasteiger partial charge in [0.15, 0.2) is 5.00 Å². The fourth-order valence-electron chi connectivity index (χ4n) is 1.78. The fourth-order valence-corrected chi connectivity index (χ4v) is 2.87. The molecular weight excluding hydrogens is 294 g/mol. The van der Waals surface area contributed by atoms with Crippen LogP contribution in [-0.4, -0.2) is 48.0 Å². The van der Waals surface area contributed by atoms with Crippen LogP contribution in [0.15, 0.2) is 6.07 Å². The molecule has 0 spiro atoms. The molecule has 118 valence electrons. The van der Waals surface area contributed by atoms with Gasteiger partial charge >= 0.3 is 5.69 Å². The highest BCUT2D eigenvalue weighted by Crippen LogP contribution is 2.40. The fraction of sp³-hybridized carbons (Fsp3) is 0.615. The van der Waals surface area contributed by atoms with Crippen LogP contribution in [0.1, 0.15) is 31.2 Å². The molecular formula is C13H21N3O4S. The summed E-state index contributed by atoms with van der Waals surface area (Å²) in [6.07, 6.45) is -0.00441. The second-order valence-corrected chi connectivity index (χ2v) is 6.04. The van der Waals surface area contributed by atoms with Crippen molar-refractivity contribution in [3.05, 3.63) is 21.1 Å². The average molecular weight is 315 g/mol. The minimum absolute atomic E-state index is 0.0593. The number of carbonyl (C=O) groups is 1. The minimum atomic E-state index is -0.768. The van der Waals surface area contributed by atoms with Crippen LogP contribution in [0.25, 0.3) is 0 Å². The second-order valence-electron chi connectivity index (χ2n) is 4.98. The number of aliphatic hydroxyl groups is 1. The predicted octanol–water partition coefficient (Wildman–Crippen LogP) is 2.01. The lowest BCUT2D eigenvalue weighted by atomic mass is 10.3. The number of nitrogens with zero attached hydrogens (tertiary/aromatic N) is 3. The van der Waals surface area contributed by atoms with Gasteiger partial charge in [-0.3, -0.25) is 14.9 Å². The Morgan fingerprint density at radius 2 is 2.14 bits per heavy atom. The standard InChI is InChI=1S/C13H21N3O4S/c1-5-6-15(8-12(18)14(3)4)13-10(16(19)20)7-11(21-13)9(2)17/h7,9,17H,5-6,8H2,1-4H3. The molecule has 0 saturated heterocycles. The highest BCUT2D eigenvalue weighted by Gasteiger charge is 2.26. The minimum Gasteiger partial charge on any atom is -0.388 e. The van der Waals surface area contributed by atoms with Crippen molar-refractivity contribution in [3.63, 3.8) is 0 Å². The zero-order valence-corrected chi connectivity index (χ0v) is 13.5. The lowest BCUT2D eigenvalue weighted by Crippen LogP contribution is -2.37. The molecule has 1 N–H and O–H groups in total. The summed E-state index contributed by atoms with van der Waals surface area (Å²) < 4.78 is 0. The number of hydrogen-bond donors (Lipinski definition) is 1. The van der Waals surface area contributed by atoms with Crippen LogP contribution in [0.4, 0.5) is 10.7 Å². The van der Waals surface area contributed by atoms with Gasteiger partial charge in [0.1, 0.15) is 0 Å². The van der Waals surface area contributed by atoms with Gasteiger partial charge in [-0.1, -0.05) is 6.92 Å². The number of carbonyl (C=O) groups excluding carboxylic acids is 1. The quantitative estimate of drug-likeness (QED) is 0.614. The first kappa shape index (κ1) is 17.4. The van der Waals surface area contributed by atoms with E-state index in [0.717, 1.165) is 17.8 Å². The summed E-state index contributed by atoms with van der Waals surface area (Å²) >= 11 is 1.16. The van der Waals surface area contributed by atoms with Gasteiger partial charge in [0.2, 0.25) is 5.91 Å². The summed E-state index contributed by atoms with van der Waals surface area (Å²) in [7, 11) is 3.30. The average Bonchev–Trinajstić information content (AvgIpc) is 2.83. The van der Waals surface area contributed by atoms with Gasteiger partial charge in [-0.25, -0.2) is 0 Å². The maximum absolute atomic E-state index is 11.9. The first-order valence-corrected chi connectivity index (χ1v) is 7.50. The molecule has 1 aromatic rings. The largest absolute Gasteiger partial charge is 0.388 e. The number of hydrogen-bond acceptors (Lipinski definition) is 6. The summed E-state index contributed by atoms with van der Waals surface area (Å²) in [6, 6.07) is 1.38. The molecule has 0 aliphatic rings. The summed E-state index contributed by atoms with van der Waals surface area (Å²) in [6.45, 7) is 4.14. The third-order valence-corrected chi connectivity index (χ3v) is 4.28. The Bertz CT molecular complexity index is 514. The normalized spacial score (nSPS) is 12.0. The predicted molar refractivity (Wildman–Crippen MR) is 82.8 cm³/mol. The van der Waals surface area contributed by atoms with Crippen molar-refractivity contribution in [1.82, 2.24) is 4.90 Å². The van der Waals surface area contributed by atoms with Crippen molar-refractivity contribution >= 4 is 27.9 Å². The molecule has 1 amide bonds. The van der Waals surface area contributed by atoms with Crippen molar-refractivity contribution in [1.29, 1.82) is 0 Å². The molecule has 0 radical (unpaired) electrons. The Balaban J connectivity index is 3.17. The highest BCUT2D eigenvalue weighted by molar-refractivity contribution is 7.16. The number of likely N-dealkylation sites (N-methyl/N-ethyl adjacent to an activating group) is 1. The molecule has 1 atom stereocenters. The zero-order valence-electron chi connectivity index (χ0n) is 12.7. The maximum Gasteiger partial charge on any atom is 0.304 e. The molecule has 0 aromatic carbocycles. The van der Waals surface area contributed by atoms with Gasteiger partial charge in [0.25, 0.3) is 0 Å². The Morgan fingerprint density at radius 1 is 1.52 bits per heavy atom. The first-order valence-electron chi connectivity index (χ1n) is 6.69. The van der Waals surface area contributed by atoms with Crippen LogP contribution in [-0.2, 0) is 4.79 Å². The molecule has 1 aromatic heterocycles. The SMILES string of the molecule is CCCN(CC(=O)N(C)C)c1sc(C(C)O)cc1[N+](=O)[O-]. The van der Waals surface area contributed by atoms with Gasteiger partial charge < -0.3 is 14.9 Å². The third-order valence-electron chi connectivity index (χ3n) is 2.93. The van der Waals surface area contributed by atoms with E-state index >= 15 is 0 Å². The van der Waals surface area contributed by atoms with E-state index in [1.54, 1.807) is 25.9 Å². The van der Waals surface area contributed by atoms with Crippen molar-refractivity contribution in [3.8, 4) is 0 Å². The Hall–Kier alpha value is -1.67.